The number of carboxylic acid groups (broad SMARTS) is 1. The zero-order valence-electron chi connectivity index (χ0n) is 9.09. The molecule has 0 heterocycles. The summed E-state index contributed by atoms with van der Waals surface area (Å²) in [4.78, 5) is 11.0. The van der Waals surface area contributed by atoms with E-state index < -0.39 is 11.4 Å². The molecule has 0 saturated heterocycles. The summed E-state index contributed by atoms with van der Waals surface area (Å²) in [6.07, 6.45) is 2.36. The lowest BCUT2D eigenvalue weighted by atomic mass is 9.33. The Morgan fingerprint density at radius 2 is 2.00 bits per heavy atom. The molecule has 1 N–H and O–H groups in total. The second-order valence-electron chi connectivity index (χ2n) is 5.31. The minimum absolute atomic E-state index is 0.118. The van der Waals surface area contributed by atoms with Gasteiger partial charge in [-0.2, -0.15) is 0 Å². The summed E-state index contributed by atoms with van der Waals surface area (Å²) < 4.78 is 0. The first-order chi connectivity index (χ1) is 7.49. The molecule has 84 valence electrons. The molecule has 3 fully saturated rings. The number of rotatable bonds is 2. The van der Waals surface area contributed by atoms with Crippen molar-refractivity contribution in [1.29, 1.82) is 0 Å². The van der Waals surface area contributed by atoms with E-state index >= 15 is 0 Å². The zero-order valence-corrected chi connectivity index (χ0v) is 9.84. The number of carbonyl (C=O) groups is 1. The molecule has 0 unspecified atom stereocenters. The summed E-state index contributed by atoms with van der Waals surface area (Å²) in [5.74, 6) is -0.631. The largest absolute Gasteiger partial charge is 0.481 e. The molecule has 1 aromatic rings. The summed E-state index contributed by atoms with van der Waals surface area (Å²) in [5.41, 5.74) is 2.08. The molecule has 4 rings (SSSR count). The number of benzene rings is 1. The van der Waals surface area contributed by atoms with E-state index in [1.165, 1.54) is 5.56 Å². The Morgan fingerprint density at radius 1 is 1.38 bits per heavy atom. The van der Waals surface area contributed by atoms with Crippen LogP contribution in [0.4, 0.5) is 0 Å². The van der Waals surface area contributed by atoms with E-state index in [4.69, 9.17) is 16.7 Å². The van der Waals surface area contributed by atoms with Gasteiger partial charge in [0.1, 0.15) is 0 Å². The standard InChI is InChI=1S/C13H13ClO2/c1-8-9(3-2-4-10(8)14)12-5-13(6-12,7-12)11(15)16/h2-4H,5-7H2,1H3,(H,15,16). The van der Waals surface area contributed by atoms with Crippen molar-refractivity contribution in [2.24, 2.45) is 5.41 Å². The zero-order chi connectivity index (χ0) is 11.6. The fourth-order valence-corrected chi connectivity index (χ4v) is 3.66. The monoisotopic (exact) mass is 236 g/mol. The number of halogens is 1. The van der Waals surface area contributed by atoms with Gasteiger partial charge in [0, 0.05) is 5.02 Å². The third-order valence-electron chi connectivity index (χ3n) is 4.32. The number of carboxylic acids is 1. The molecule has 0 aromatic heterocycles. The first-order valence-corrected chi connectivity index (χ1v) is 5.86. The molecule has 3 aliphatic rings. The SMILES string of the molecule is Cc1c(Cl)cccc1C12CC(C(=O)O)(C1)C2. The van der Waals surface area contributed by atoms with Crippen molar-refractivity contribution in [2.75, 3.05) is 0 Å². The molecule has 0 amide bonds. The first kappa shape index (κ1) is 10.2. The van der Waals surface area contributed by atoms with Gasteiger partial charge in [0.25, 0.3) is 0 Å². The number of hydrogen-bond donors (Lipinski definition) is 1. The number of aliphatic carboxylic acids is 1. The second kappa shape index (κ2) is 2.80. The molecule has 2 nitrogen and oxygen atoms in total. The van der Waals surface area contributed by atoms with Crippen LogP contribution in [0.15, 0.2) is 18.2 Å². The summed E-state index contributed by atoms with van der Waals surface area (Å²) >= 11 is 6.10. The molecular weight excluding hydrogens is 224 g/mol. The highest BCUT2D eigenvalue weighted by Gasteiger charge is 2.72. The van der Waals surface area contributed by atoms with Crippen LogP contribution in [0.1, 0.15) is 30.4 Å². The highest BCUT2D eigenvalue weighted by molar-refractivity contribution is 6.31. The summed E-state index contributed by atoms with van der Waals surface area (Å²) in [5, 5.41) is 9.87. The maximum Gasteiger partial charge on any atom is 0.309 e. The minimum atomic E-state index is -0.631. The molecule has 1 aromatic carbocycles. The predicted molar refractivity (Wildman–Crippen MR) is 61.8 cm³/mol. The summed E-state index contributed by atoms with van der Waals surface area (Å²) in [7, 11) is 0. The average Bonchev–Trinajstić information content (AvgIpc) is 2.07. The van der Waals surface area contributed by atoms with Gasteiger partial charge in [-0.05, 0) is 48.8 Å². The van der Waals surface area contributed by atoms with E-state index in [2.05, 4.69) is 6.07 Å². The van der Waals surface area contributed by atoms with E-state index in [9.17, 15) is 4.79 Å². The fraction of sp³-hybridized carbons (Fsp3) is 0.462. The lowest BCUT2D eigenvalue weighted by Crippen LogP contribution is -2.68. The first-order valence-electron chi connectivity index (χ1n) is 5.48. The maximum atomic E-state index is 11.0. The smallest absolute Gasteiger partial charge is 0.309 e. The third-order valence-corrected chi connectivity index (χ3v) is 4.73. The third kappa shape index (κ3) is 1.01. The molecule has 3 aliphatic carbocycles. The van der Waals surface area contributed by atoms with Crippen LogP contribution in [0.3, 0.4) is 0 Å². The van der Waals surface area contributed by atoms with Gasteiger partial charge in [0.05, 0.1) is 5.41 Å². The van der Waals surface area contributed by atoms with Crippen LogP contribution in [0.2, 0.25) is 5.02 Å². The van der Waals surface area contributed by atoms with E-state index in [-0.39, 0.29) is 5.41 Å². The number of hydrogen-bond acceptors (Lipinski definition) is 1. The minimum Gasteiger partial charge on any atom is -0.481 e. The van der Waals surface area contributed by atoms with Crippen molar-refractivity contribution >= 4 is 17.6 Å². The lowest BCUT2D eigenvalue weighted by molar-refractivity contribution is -0.194. The molecule has 3 saturated carbocycles. The molecule has 0 atom stereocenters. The molecular formula is C13H13ClO2. The van der Waals surface area contributed by atoms with Gasteiger partial charge in [-0.1, -0.05) is 23.7 Å². The van der Waals surface area contributed by atoms with Crippen molar-refractivity contribution in [1.82, 2.24) is 0 Å². The quantitative estimate of drug-likeness (QED) is 0.857. The molecule has 0 radical (unpaired) electrons. The molecule has 0 spiro atoms. The van der Waals surface area contributed by atoms with Crippen molar-refractivity contribution in [3.8, 4) is 0 Å². The van der Waals surface area contributed by atoms with Crippen molar-refractivity contribution in [3.63, 3.8) is 0 Å². The van der Waals surface area contributed by atoms with Crippen LogP contribution >= 0.6 is 11.6 Å². The normalized spacial score (nSPS) is 35.1. The Morgan fingerprint density at radius 3 is 2.56 bits per heavy atom. The highest BCUT2D eigenvalue weighted by Crippen LogP contribution is 2.74. The Labute approximate surface area is 99.2 Å². The van der Waals surface area contributed by atoms with Crippen LogP contribution < -0.4 is 0 Å². The van der Waals surface area contributed by atoms with Gasteiger partial charge < -0.3 is 5.11 Å². The Balaban J connectivity index is 1.93. The van der Waals surface area contributed by atoms with Gasteiger partial charge in [0.2, 0.25) is 0 Å². The fourth-order valence-electron chi connectivity index (χ4n) is 3.48. The van der Waals surface area contributed by atoms with E-state index in [1.807, 2.05) is 19.1 Å². The van der Waals surface area contributed by atoms with Crippen molar-refractivity contribution in [3.05, 3.63) is 34.3 Å². The summed E-state index contributed by atoms with van der Waals surface area (Å²) in [6.45, 7) is 2.02. The molecule has 2 bridgehead atoms. The molecule has 0 aliphatic heterocycles. The van der Waals surface area contributed by atoms with Crippen molar-refractivity contribution < 1.29 is 9.90 Å². The summed E-state index contributed by atoms with van der Waals surface area (Å²) in [6, 6.07) is 5.93. The van der Waals surface area contributed by atoms with Gasteiger partial charge >= 0.3 is 5.97 Å². The Bertz CT molecular complexity index is 473. The van der Waals surface area contributed by atoms with Crippen LogP contribution in [0.25, 0.3) is 0 Å². The van der Waals surface area contributed by atoms with E-state index in [0.29, 0.717) is 0 Å². The van der Waals surface area contributed by atoms with Gasteiger partial charge in [-0.3, -0.25) is 4.79 Å². The highest BCUT2D eigenvalue weighted by atomic mass is 35.5. The van der Waals surface area contributed by atoms with Crippen LogP contribution in [-0.4, -0.2) is 11.1 Å². The van der Waals surface area contributed by atoms with Crippen molar-refractivity contribution in [2.45, 2.75) is 31.6 Å². The van der Waals surface area contributed by atoms with Crippen LogP contribution in [0.5, 0.6) is 0 Å². The Kier molecular flexibility index (Phi) is 1.78. The van der Waals surface area contributed by atoms with Gasteiger partial charge in [-0.25, -0.2) is 0 Å². The van der Waals surface area contributed by atoms with Gasteiger partial charge in [-0.15, -0.1) is 0 Å². The van der Waals surface area contributed by atoms with Crippen LogP contribution in [0, 0.1) is 12.3 Å². The predicted octanol–water partition coefficient (Wildman–Crippen LogP) is 3.15. The van der Waals surface area contributed by atoms with Gasteiger partial charge in [0.15, 0.2) is 0 Å². The van der Waals surface area contributed by atoms with E-state index in [1.54, 1.807) is 0 Å². The molecule has 3 heteroatoms. The lowest BCUT2D eigenvalue weighted by Gasteiger charge is -2.68. The Hall–Kier alpha value is -1.02. The van der Waals surface area contributed by atoms with E-state index in [0.717, 1.165) is 29.8 Å². The topological polar surface area (TPSA) is 37.3 Å². The molecule has 16 heavy (non-hydrogen) atoms. The second-order valence-corrected chi connectivity index (χ2v) is 5.72. The van der Waals surface area contributed by atoms with Crippen LogP contribution in [-0.2, 0) is 10.2 Å². The maximum absolute atomic E-state index is 11.0. The average molecular weight is 237 g/mol.